The molecule has 3 aromatic heterocycles. The second kappa shape index (κ2) is 8.10. The van der Waals surface area contributed by atoms with Gasteiger partial charge >= 0.3 is 0 Å². The summed E-state index contributed by atoms with van der Waals surface area (Å²) in [7, 11) is 0. The molecule has 0 amide bonds. The van der Waals surface area contributed by atoms with Crippen LogP contribution < -0.4 is 0 Å². The Bertz CT molecular complexity index is 1020. The number of thioether (sulfide) groups is 1. The van der Waals surface area contributed by atoms with Crippen molar-refractivity contribution in [3.05, 3.63) is 64.5 Å². The number of benzene rings is 1. The van der Waals surface area contributed by atoms with Crippen LogP contribution >= 0.6 is 23.1 Å². The van der Waals surface area contributed by atoms with E-state index in [9.17, 15) is 0 Å². The van der Waals surface area contributed by atoms with Gasteiger partial charge in [-0.05, 0) is 38.0 Å². The van der Waals surface area contributed by atoms with E-state index < -0.39 is 0 Å². The van der Waals surface area contributed by atoms with Crippen molar-refractivity contribution < 1.29 is 4.42 Å². The standard InChI is InChI=1S/C20H20N4OS2/c1-3-7-18-21-15(12-26-18)13-27-20-23-22-19(17-10-11-25-14(17)2)24(20)16-8-5-4-6-9-16/h4-6,8-12H,3,7,13H2,1-2H3. The average Bonchev–Trinajstić information content (AvgIpc) is 3.40. The summed E-state index contributed by atoms with van der Waals surface area (Å²) in [5.74, 6) is 2.40. The molecule has 0 N–H and O–H groups in total. The molecular formula is C20H20N4OS2. The van der Waals surface area contributed by atoms with E-state index in [0.717, 1.165) is 52.3 Å². The minimum Gasteiger partial charge on any atom is -0.469 e. The van der Waals surface area contributed by atoms with E-state index in [1.54, 1.807) is 29.4 Å². The number of aromatic nitrogens is 4. The minimum absolute atomic E-state index is 0.773. The molecule has 0 spiro atoms. The van der Waals surface area contributed by atoms with Crippen LogP contribution in [0, 0.1) is 6.92 Å². The lowest BCUT2D eigenvalue weighted by atomic mass is 10.2. The first-order valence-electron chi connectivity index (χ1n) is 8.87. The Labute approximate surface area is 166 Å². The monoisotopic (exact) mass is 396 g/mol. The summed E-state index contributed by atoms with van der Waals surface area (Å²) >= 11 is 3.39. The maximum absolute atomic E-state index is 5.48. The smallest absolute Gasteiger partial charge is 0.196 e. The van der Waals surface area contributed by atoms with Crippen molar-refractivity contribution in [2.45, 2.75) is 37.6 Å². The molecule has 27 heavy (non-hydrogen) atoms. The van der Waals surface area contributed by atoms with Crippen LogP contribution in [0.25, 0.3) is 17.1 Å². The lowest BCUT2D eigenvalue weighted by Gasteiger charge is -2.09. The fourth-order valence-electron chi connectivity index (χ4n) is 2.85. The summed E-state index contributed by atoms with van der Waals surface area (Å²) in [6.45, 7) is 4.12. The third-order valence-corrected chi connectivity index (χ3v) is 6.08. The Balaban J connectivity index is 1.66. The lowest BCUT2D eigenvalue weighted by molar-refractivity contribution is 0.535. The quantitative estimate of drug-likeness (QED) is 0.384. The first-order valence-corrected chi connectivity index (χ1v) is 10.7. The van der Waals surface area contributed by atoms with Crippen molar-refractivity contribution in [1.82, 2.24) is 19.7 Å². The molecule has 7 heteroatoms. The molecule has 0 aliphatic carbocycles. The van der Waals surface area contributed by atoms with E-state index in [0.29, 0.717) is 0 Å². The summed E-state index contributed by atoms with van der Waals surface area (Å²) in [6, 6.07) is 12.1. The van der Waals surface area contributed by atoms with Gasteiger partial charge in [-0.3, -0.25) is 4.57 Å². The van der Waals surface area contributed by atoms with Crippen LogP contribution in [0.4, 0.5) is 0 Å². The Morgan fingerprint density at radius 3 is 2.74 bits per heavy atom. The van der Waals surface area contributed by atoms with Crippen molar-refractivity contribution in [3.63, 3.8) is 0 Å². The van der Waals surface area contributed by atoms with Crippen LogP contribution in [0.15, 0.2) is 57.6 Å². The summed E-state index contributed by atoms with van der Waals surface area (Å²) in [6.07, 6.45) is 3.85. The van der Waals surface area contributed by atoms with Crippen LogP contribution in [-0.4, -0.2) is 19.7 Å². The normalized spacial score (nSPS) is 11.2. The molecule has 0 aliphatic rings. The average molecular weight is 397 g/mol. The van der Waals surface area contributed by atoms with Gasteiger partial charge in [-0.1, -0.05) is 36.9 Å². The van der Waals surface area contributed by atoms with Gasteiger partial charge in [0.25, 0.3) is 0 Å². The van der Waals surface area contributed by atoms with Gasteiger partial charge in [0.2, 0.25) is 0 Å². The van der Waals surface area contributed by atoms with E-state index >= 15 is 0 Å². The lowest BCUT2D eigenvalue weighted by Crippen LogP contribution is -1.99. The number of hydrogen-bond acceptors (Lipinski definition) is 6. The highest BCUT2D eigenvalue weighted by molar-refractivity contribution is 7.98. The molecule has 1 aromatic carbocycles. The largest absolute Gasteiger partial charge is 0.469 e. The Morgan fingerprint density at radius 1 is 1.15 bits per heavy atom. The zero-order chi connectivity index (χ0) is 18.6. The second-order valence-corrected chi connectivity index (χ2v) is 8.02. The van der Waals surface area contributed by atoms with E-state index in [-0.39, 0.29) is 0 Å². The summed E-state index contributed by atoms with van der Waals surface area (Å²) in [4.78, 5) is 4.71. The van der Waals surface area contributed by atoms with E-state index in [1.807, 2.05) is 31.2 Å². The number of furan rings is 1. The number of nitrogens with zero attached hydrogens (tertiary/aromatic N) is 4. The van der Waals surface area contributed by atoms with Crippen LogP contribution in [-0.2, 0) is 12.2 Å². The molecule has 0 fully saturated rings. The van der Waals surface area contributed by atoms with Crippen LogP contribution in [0.3, 0.4) is 0 Å². The molecule has 5 nitrogen and oxygen atoms in total. The topological polar surface area (TPSA) is 56.7 Å². The second-order valence-electron chi connectivity index (χ2n) is 6.14. The molecule has 0 atom stereocenters. The fraction of sp³-hybridized carbons (Fsp3) is 0.250. The molecule has 3 heterocycles. The first kappa shape index (κ1) is 18.0. The van der Waals surface area contributed by atoms with Crippen LogP contribution in [0.1, 0.15) is 29.8 Å². The van der Waals surface area contributed by atoms with Crippen molar-refractivity contribution in [2.75, 3.05) is 0 Å². The molecule has 0 unspecified atom stereocenters. The van der Waals surface area contributed by atoms with Gasteiger partial charge in [0.1, 0.15) is 5.76 Å². The van der Waals surface area contributed by atoms with Crippen molar-refractivity contribution in [1.29, 1.82) is 0 Å². The molecule has 0 saturated carbocycles. The van der Waals surface area contributed by atoms with Crippen molar-refractivity contribution in [2.24, 2.45) is 0 Å². The Morgan fingerprint density at radius 2 is 2.00 bits per heavy atom. The summed E-state index contributed by atoms with van der Waals surface area (Å²) < 4.78 is 7.56. The molecular weight excluding hydrogens is 376 g/mol. The van der Waals surface area contributed by atoms with Gasteiger partial charge in [-0.15, -0.1) is 21.5 Å². The molecule has 0 radical (unpaired) electrons. The van der Waals surface area contributed by atoms with E-state index in [2.05, 4.69) is 39.2 Å². The number of hydrogen-bond donors (Lipinski definition) is 0. The van der Waals surface area contributed by atoms with Gasteiger partial charge < -0.3 is 4.42 Å². The molecule has 4 aromatic rings. The predicted molar refractivity (Wildman–Crippen MR) is 109 cm³/mol. The zero-order valence-electron chi connectivity index (χ0n) is 15.3. The zero-order valence-corrected chi connectivity index (χ0v) is 16.9. The third kappa shape index (κ3) is 3.84. The minimum atomic E-state index is 0.773. The Kier molecular flexibility index (Phi) is 5.40. The maximum atomic E-state index is 5.48. The maximum Gasteiger partial charge on any atom is 0.196 e. The molecule has 4 rings (SSSR count). The van der Waals surface area contributed by atoms with Crippen molar-refractivity contribution >= 4 is 23.1 Å². The van der Waals surface area contributed by atoms with Gasteiger partial charge in [-0.25, -0.2) is 4.98 Å². The number of para-hydroxylation sites is 1. The van der Waals surface area contributed by atoms with Gasteiger partial charge in [0.15, 0.2) is 11.0 Å². The summed E-state index contributed by atoms with van der Waals surface area (Å²) in [5.41, 5.74) is 3.08. The fourth-order valence-corrected chi connectivity index (χ4v) is 4.70. The van der Waals surface area contributed by atoms with E-state index in [4.69, 9.17) is 9.40 Å². The first-order chi connectivity index (χ1) is 13.3. The van der Waals surface area contributed by atoms with Gasteiger partial charge in [0, 0.05) is 16.8 Å². The molecule has 138 valence electrons. The number of thiazole rings is 1. The van der Waals surface area contributed by atoms with Crippen LogP contribution in [0.2, 0.25) is 0 Å². The molecule has 0 bridgehead atoms. The predicted octanol–water partition coefficient (Wildman–Crippen LogP) is 5.54. The Hall–Kier alpha value is -2.38. The van der Waals surface area contributed by atoms with Crippen LogP contribution in [0.5, 0.6) is 0 Å². The molecule has 0 saturated heterocycles. The summed E-state index contributed by atoms with van der Waals surface area (Å²) in [5, 5.41) is 13.1. The number of rotatable bonds is 7. The van der Waals surface area contributed by atoms with E-state index in [1.165, 1.54) is 5.01 Å². The van der Waals surface area contributed by atoms with Gasteiger partial charge in [0.05, 0.1) is 22.5 Å². The number of aryl methyl sites for hydroxylation is 2. The van der Waals surface area contributed by atoms with Crippen molar-refractivity contribution in [3.8, 4) is 17.1 Å². The molecule has 0 aliphatic heterocycles. The highest BCUT2D eigenvalue weighted by Crippen LogP contribution is 2.31. The van der Waals surface area contributed by atoms with Gasteiger partial charge in [-0.2, -0.15) is 0 Å². The highest BCUT2D eigenvalue weighted by Gasteiger charge is 2.19. The highest BCUT2D eigenvalue weighted by atomic mass is 32.2. The SMILES string of the molecule is CCCc1nc(CSc2nnc(-c3ccoc3C)n2-c2ccccc2)cs1. The third-order valence-electron chi connectivity index (χ3n) is 4.16.